The largest absolute Gasteiger partial charge is 0.492 e. The number of para-hydroxylation sites is 1. The Kier molecular flexibility index (Phi) is 4.40. The molecule has 1 fully saturated rings. The molecule has 0 N–H and O–H groups in total. The van der Waals surface area contributed by atoms with E-state index in [2.05, 4.69) is 6.07 Å². The Bertz CT molecular complexity index is 578. The molecule has 0 atom stereocenters. The van der Waals surface area contributed by atoms with Crippen molar-refractivity contribution in [3.63, 3.8) is 0 Å². The Morgan fingerprint density at radius 1 is 1.37 bits per heavy atom. The van der Waals surface area contributed by atoms with E-state index in [1.807, 2.05) is 0 Å². The van der Waals surface area contributed by atoms with E-state index < -0.39 is 10.0 Å². The number of hydrogen-bond acceptors (Lipinski definition) is 4. The van der Waals surface area contributed by atoms with Crippen LogP contribution < -0.4 is 4.74 Å². The number of nitriles is 1. The molecule has 1 aliphatic heterocycles. The molecule has 0 saturated carbocycles. The van der Waals surface area contributed by atoms with Gasteiger partial charge in [0.2, 0.25) is 10.0 Å². The van der Waals surface area contributed by atoms with Gasteiger partial charge in [-0.2, -0.15) is 5.26 Å². The minimum absolute atomic E-state index is 0.255. The van der Waals surface area contributed by atoms with Gasteiger partial charge in [-0.1, -0.05) is 12.1 Å². The molecule has 6 heteroatoms. The molecule has 0 spiro atoms. The quantitative estimate of drug-likeness (QED) is 0.764. The van der Waals surface area contributed by atoms with Crippen LogP contribution in [0.2, 0.25) is 0 Å². The maximum atomic E-state index is 11.6. The summed E-state index contributed by atoms with van der Waals surface area (Å²) in [4.78, 5) is 0. The molecule has 19 heavy (non-hydrogen) atoms. The van der Waals surface area contributed by atoms with Crippen molar-refractivity contribution in [1.29, 1.82) is 5.26 Å². The first-order chi connectivity index (χ1) is 9.13. The number of sulfonamides is 1. The summed E-state index contributed by atoms with van der Waals surface area (Å²) in [6, 6.07) is 9.08. The second-order valence-electron chi connectivity index (χ2n) is 4.38. The van der Waals surface area contributed by atoms with Crippen LogP contribution in [-0.2, 0) is 10.0 Å². The van der Waals surface area contributed by atoms with Crippen molar-refractivity contribution in [3.8, 4) is 11.8 Å². The number of ether oxygens (including phenoxy) is 1. The molecule has 0 aliphatic carbocycles. The predicted molar refractivity (Wildman–Crippen MR) is 71.2 cm³/mol. The molecule has 0 bridgehead atoms. The fraction of sp³-hybridized carbons (Fsp3) is 0.462. The van der Waals surface area contributed by atoms with Crippen molar-refractivity contribution in [1.82, 2.24) is 4.31 Å². The van der Waals surface area contributed by atoms with Crippen molar-refractivity contribution >= 4 is 10.0 Å². The van der Waals surface area contributed by atoms with Gasteiger partial charge in [0.25, 0.3) is 0 Å². The maximum Gasteiger partial charge on any atom is 0.214 e. The van der Waals surface area contributed by atoms with Gasteiger partial charge in [-0.3, -0.25) is 0 Å². The third-order valence-electron chi connectivity index (χ3n) is 3.02. The Hall–Kier alpha value is -1.58. The number of benzene rings is 1. The smallest absolute Gasteiger partial charge is 0.214 e. The lowest BCUT2D eigenvalue weighted by Crippen LogP contribution is -2.27. The first-order valence-corrected chi connectivity index (χ1v) is 7.84. The van der Waals surface area contributed by atoms with Crippen LogP contribution in [-0.4, -0.2) is 38.2 Å². The fourth-order valence-corrected chi connectivity index (χ4v) is 3.62. The summed E-state index contributed by atoms with van der Waals surface area (Å²) >= 11 is 0. The maximum absolute atomic E-state index is 11.6. The van der Waals surface area contributed by atoms with Crippen LogP contribution in [0.25, 0.3) is 0 Å². The molecular formula is C13H16N2O3S. The highest BCUT2D eigenvalue weighted by atomic mass is 32.2. The standard InChI is InChI=1S/C13H16N2O3S/c14-11-12-5-1-2-6-13(12)18-9-3-7-15-8-4-10-19(15,16)17/h1-2,5-6H,3-4,7-10H2. The van der Waals surface area contributed by atoms with E-state index in [0.29, 0.717) is 43.9 Å². The molecule has 2 rings (SSSR count). The third kappa shape index (κ3) is 3.46. The highest BCUT2D eigenvalue weighted by molar-refractivity contribution is 7.89. The van der Waals surface area contributed by atoms with Crippen LogP contribution >= 0.6 is 0 Å². The first kappa shape index (κ1) is 13.8. The average molecular weight is 280 g/mol. The highest BCUT2D eigenvalue weighted by Crippen LogP contribution is 2.17. The Labute approximate surface area is 113 Å². The lowest BCUT2D eigenvalue weighted by Gasteiger charge is -2.14. The van der Waals surface area contributed by atoms with Crippen LogP contribution in [0.1, 0.15) is 18.4 Å². The minimum Gasteiger partial charge on any atom is -0.492 e. The van der Waals surface area contributed by atoms with Gasteiger partial charge in [-0.25, -0.2) is 12.7 Å². The summed E-state index contributed by atoms with van der Waals surface area (Å²) in [6.45, 7) is 1.50. The molecule has 0 unspecified atom stereocenters. The van der Waals surface area contributed by atoms with E-state index in [1.165, 1.54) is 4.31 Å². The van der Waals surface area contributed by atoms with Gasteiger partial charge >= 0.3 is 0 Å². The summed E-state index contributed by atoms with van der Waals surface area (Å²) in [5, 5.41) is 8.90. The van der Waals surface area contributed by atoms with Crippen molar-refractivity contribution < 1.29 is 13.2 Å². The van der Waals surface area contributed by atoms with Gasteiger partial charge < -0.3 is 4.74 Å². The van der Waals surface area contributed by atoms with E-state index in [4.69, 9.17) is 10.00 Å². The molecule has 1 aromatic carbocycles. The number of rotatable bonds is 5. The van der Waals surface area contributed by atoms with Crippen molar-refractivity contribution in [2.75, 3.05) is 25.4 Å². The summed E-state index contributed by atoms with van der Waals surface area (Å²) in [6.07, 6.45) is 1.33. The van der Waals surface area contributed by atoms with Crippen molar-refractivity contribution in [2.45, 2.75) is 12.8 Å². The summed E-state index contributed by atoms with van der Waals surface area (Å²) in [5.41, 5.74) is 0.497. The molecule has 0 radical (unpaired) electrons. The van der Waals surface area contributed by atoms with Gasteiger partial charge in [0.05, 0.1) is 17.9 Å². The molecule has 5 nitrogen and oxygen atoms in total. The van der Waals surface area contributed by atoms with Gasteiger partial charge in [0, 0.05) is 13.1 Å². The zero-order valence-electron chi connectivity index (χ0n) is 10.6. The molecular weight excluding hydrogens is 264 g/mol. The van der Waals surface area contributed by atoms with Crippen LogP contribution in [0.5, 0.6) is 5.75 Å². The zero-order chi connectivity index (χ0) is 13.7. The Morgan fingerprint density at radius 3 is 2.84 bits per heavy atom. The lowest BCUT2D eigenvalue weighted by molar-refractivity contribution is 0.291. The molecule has 0 amide bonds. The van der Waals surface area contributed by atoms with Crippen LogP contribution in [0.15, 0.2) is 24.3 Å². The van der Waals surface area contributed by atoms with Crippen LogP contribution in [0, 0.1) is 11.3 Å². The van der Waals surface area contributed by atoms with Crippen LogP contribution in [0.4, 0.5) is 0 Å². The van der Waals surface area contributed by atoms with Crippen molar-refractivity contribution in [2.24, 2.45) is 0 Å². The average Bonchev–Trinajstić information content (AvgIpc) is 2.74. The van der Waals surface area contributed by atoms with Gasteiger partial charge in [-0.15, -0.1) is 0 Å². The van der Waals surface area contributed by atoms with Gasteiger partial charge in [-0.05, 0) is 25.0 Å². The molecule has 1 heterocycles. The normalized spacial score (nSPS) is 18.1. The second kappa shape index (κ2) is 6.04. The molecule has 102 valence electrons. The first-order valence-electron chi connectivity index (χ1n) is 6.23. The number of hydrogen-bond donors (Lipinski definition) is 0. The van der Waals surface area contributed by atoms with Crippen molar-refractivity contribution in [3.05, 3.63) is 29.8 Å². The summed E-state index contributed by atoms with van der Waals surface area (Å²) < 4.78 is 30.2. The lowest BCUT2D eigenvalue weighted by atomic mass is 10.2. The monoisotopic (exact) mass is 280 g/mol. The number of nitrogens with zero attached hydrogens (tertiary/aromatic N) is 2. The van der Waals surface area contributed by atoms with E-state index in [-0.39, 0.29) is 5.75 Å². The van der Waals surface area contributed by atoms with E-state index >= 15 is 0 Å². The molecule has 0 aromatic heterocycles. The van der Waals surface area contributed by atoms with Crippen LogP contribution in [0.3, 0.4) is 0 Å². The summed E-state index contributed by atoms with van der Waals surface area (Å²) in [7, 11) is -3.02. The SMILES string of the molecule is N#Cc1ccccc1OCCCN1CCCS1(=O)=O. The van der Waals surface area contributed by atoms with Gasteiger partial charge in [0.1, 0.15) is 11.8 Å². The van der Waals surface area contributed by atoms with E-state index in [9.17, 15) is 8.42 Å². The zero-order valence-corrected chi connectivity index (χ0v) is 11.4. The third-order valence-corrected chi connectivity index (χ3v) is 4.98. The topological polar surface area (TPSA) is 70.4 Å². The van der Waals surface area contributed by atoms with E-state index in [1.54, 1.807) is 24.3 Å². The molecule has 1 aromatic rings. The highest BCUT2D eigenvalue weighted by Gasteiger charge is 2.27. The van der Waals surface area contributed by atoms with E-state index in [0.717, 1.165) is 0 Å². The second-order valence-corrected chi connectivity index (χ2v) is 6.47. The van der Waals surface area contributed by atoms with Gasteiger partial charge in [0.15, 0.2) is 0 Å². The molecule has 1 saturated heterocycles. The Balaban J connectivity index is 1.80. The minimum atomic E-state index is -3.02. The fourth-order valence-electron chi connectivity index (χ4n) is 2.05. The Morgan fingerprint density at radius 2 is 2.16 bits per heavy atom. The summed E-state index contributed by atoms with van der Waals surface area (Å²) in [5.74, 6) is 0.805. The molecule has 1 aliphatic rings. The predicted octanol–water partition coefficient (Wildman–Crippen LogP) is 1.36.